The van der Waals surface area contributed by atoms with Crippen LogP contribution >= 0.6 is 0 Å². The summed E-state index contributed by atoms with van der Waals surface area (Å²) in [6.45, 7) is 19.3. The Morgan fingerprint density at radius 1 is 0.852 bits per heavy atom. The maximum atomic E-state index is 13.6. The molecule has 1 saturated heterocycles. The number of hydrazine groups is 1. The number of hydrogen-bond donors (Lipinski definition) is 4. The van der Waals surface area contributed by atoms with Crippen molar-refractivity contribution in [1.29, 1.82) is 0 Å². The zero-order valence-electron chi connectivity index (χ0n) is 31.9. The molecule has 1 atom stereocenters. The largest absolute Gasteiger partial charge is 0.543 e. The predicted octanol–water partition coefficient (Wildman–Crippen LogP) is 8.01. The van der Waals surface area contributed by atoms with E-state index < -0.39 is 32.2 Å². The van der Waals surface area contributed by atoms with E-state index in [1.54, 1.807) is 0 Å². The topological polar surface area (TPSA) is 191 Å². The predicted molar refractivity (Wildman–Crippen MR) is 203 cm³/mol. The third-order valence-corrected chi connectivity index (χ3v) is 16.0. The number of hydrogen-bond acceptors (Lipinski definition) is 9. The second-order valence-electron chi connectivity index (χ2n) is 14.3. The van der Waals surface area contributed by atoms with Crippen LogP contribution in [0.4, 0.5) is 4.39 Å². The van der Waals surface area contributed by atoms with Crippen molar-refractivity contribution in [2.24, 2.45) is 0 Å². The van der Waals surface area contributed by atoms with Gasteiger partial charge in [-0.15, -0.1) is 0 Å². The van der Waals surface area contributed by atoms with Crippen molar-refractivity contribution in [3.05, 3.63) is 83.3 Å². The molecule has 3 aromatic rings. The molecule has 294 valence electrons. The number of benzene rings is 2. The molecule has 3 heterocycles. The van der Waals surface area contributed by atoms with Gasteiger partial charge in [0.2, 0.25) is 0 Å². The number of aliphatic carboxylic acids is 4. The minimum atomic E-state index is -1.99. The lowest BCUT2D eigenvalue weighted by molar-refractivity contribution is -0.134. The van der Waals surface area contributed by atoms with Crippen molar-refractivity contribution in [2.45, 2.75) is 103 Å². The quantitative estimate of drug-likeness (QED) is 0.102. The fourth-order valence-corrected chi connectivity index (χ4v) is 13.0. The first kappa shape index (κ1) is 43.5. The Bertz CT molecular complexity index is 1740. The van der Waals surface area contributed by atoms with Gasteiger partial charge in [-0.1, -0.05) is 59.7 Å². The molecule has 0 aliphatic carbocycles. The van der Waals surface area contributed by atoms with E-state index in [9.17, 15) is 23.6 Å². The molecule has 2 aromatic carbocycles. The van der Waals surface area contributed by atoms with Gasteiger partial charge in [-0.25, -0.2) is 33.6 Å². The molecule has 5 rings (SSSR count). The Hall–Kier alpha value is -4.86. The number of piperidine rings is 1. The van der Waals surface area contributed by atoms with Crippen LogP contribution in [0.25, 0.3) is 11.0 Å². The average molecular weight is 770 g/mol. The average Bonchev–Trinajstić information content (AvgIpc) is 3.69. The van der Waals surface area contributed by atoms with E-state index in [-0.39, 0.29) is 5.82 Å². The summed E-state index contributed by atoms with van der Waals surface area (Å²) in [5.41, 5.74) is 6.03. The van der Waals surface area contributed by atoms with Crippen molar-refractivity contribution >= 4 is 43.2 Å². The molecule has 0 amide bonds. The number of carbonyl (C=O) groups is 4. The number of aromatic nitrogens is 1. The molecule has 15 heteroatoms. The Morgan fingerprint density at radius 3 is 1.83 bits per heavy atom. The van der Waals surface area contributed by atoms with Crippen LogP contribution in [-0.4, -0.2) is 80.9 Å². The van der Waals surface area contributed by atoms with Crippen molar-refractivity contribution in [2.75, 3.05) is 13.1 Å². The Morgan fingerprint density at radius 2 is 1.37 bits per heavy atom. The molecule has 1 fully saturated rings. The third-order valence-electron chi connectivity index (χ3n) is 9.97. The van der Waals surface area contributed by atoms with Crippen molar-refractivity contribution < 1.29 is 52.9 Å². The summed E-state index contributed by atoms with van der Waals surface area (Å²) >= 11 is 0. The summed E-state index contributed by atoms with van der Waals surface area (Å²) in [6, 6.07) is 12.0. The summed E-state index contributed by atoms with van der Waals surface area (Å²) in [5.74, 6) is -3.92. The van der Waals surface area contributed by atoms with Gasteiger partial charge in [0.1, 0.15) is 11.6 Å². The highest BCUT2D eigenvalue weighted by Crippen LogP contribution is 2.45. The first-order valence-corrected chi connectivity index (χ1v) is 20.2. The SMILES string of the molecule is CCC1c2ccc(O[Si](C(C)C)(C(C)C)C(C)C)cc2CN1N1CCC(c2noc3cc(F)ccc23)CC1.O=C(O)/C=C/C(=O)O.O=C(O)/C=C/C(=O)O. The van der Waals surface area contributed by atoms with Gasteiger partial charge in [-0.3, -0.25) is 0 Å². The summed E-state index contributed by atoms with van der Waals surface area (Å²) in [4.78, 5) is 38.2. The van der Waals surface area contributed by atoms with Gasteiger partial charge in [0.15, 0.2) is 5.58 Å². The Labute approximate surface area is 315 Å². The summed E-state index contributed by atoms with van der Waals surface area (Å²) in [5, 5.41) is 41.7. The molecular weight excluding hydrogens is 718 g/mol. The van der Waals surface area contributed by atoms with Crippen molar-refractivity contribution in [3.63, 3.8) is 0 Å². The highest BCUT2D eigenvalue weighted by Gasteiger charge is 2.47. The standard InChI is InChI=1S/C31H44FN3O2Si.2C4H4O4/c1-8-29-27-12-10-26(37-38(20(2)3,21(4)5)22(6)7)17-24(27)19-35(29)34-15-13-23(14-16-34)31-28-11-9-25(32)18-30(28)36-33-31;2*5-3(6)1-2-4(7)8/h9-12,17-18,20-23,29H,8,13-16,19H2,1-7H3;2*1-2H,(H,5,6)(H,7,8)/b;2*2-1+. The van der Waals surface area contributed by atoms with E-state index in [4.69, 9.17) is 29.4 Å². The molecule has 2 aliphatic heterocycles. The maximum absolute atomic E-state index is 13.6. The van der Waals surface area contributed by atoms with Crippen molar-refractivity contribution in [1.82, 2.24) is 15.2 Å². The number of rotatable bonds is 12. The number of carboxylic acids is 4. The molecule has 0 saturated carbocycles. The fourth-order valence-electron chi connectivity index (χ4n) is 7.74. The van der Waals surface area contributed by atoms with Gasteiger partial charge in [-0.05, 0) is 71.3 Å². The number of fused-ring (bicyclic) bond motifs is 2. The van der Waals surface area contributed by atoms with E-state index in [0.29, 0.717) is 58.5 Å². The van der Waals surface area contributed by atoms with Crippen LogP contribution < -0.4 is 4.43 Å². The van der Waals surface area contributed by atoms with Crippen LogP contribution in [0.2, 0.25) is 16.6 Å². The number of nitrogens with zero attached hydrogens (tertiary/aromatic N) is 3. The van der Waals surface area contributed by atoms with Crippen LogP contribution in [0.5, 0.6) is 5.75 Å². The molecule has 54 heavy (non-hydrogen) atoms. The fraction of sp³-hybridized carbons (Fsp3) is 0.462. The number of halogens is 1. The van der Waals surface area contributed by atoms with Crippen LogP contribution in [0.15, 0.2) is 65.2 Å². The third kappa shape index (κ3) is 11.1. The lowest BCUT2D eigenvalue weighted by Crippen LogP contribution is -2.50. The zero-order chi connectivity index (χ0) is 40.3. The molecule has 0 radical (unpaired) electrons. The molecule has 4 N–H and O–H groups in total. The molecule has 1 aromatic heterocycles. The lowest BCUT2D eigenvalue weighted by Gasteiger charge is -2.42. The normalized spacial score (nSPS) is 16.8. The maximum Gasteiger partial charge on any atom is 0.328 e. The number of carboxylic acid groups (broad SMARTS) is 4. The van der Waals surface area contributed by atoms with Gasteiger partial charge < -0.3 is 29.4 Å². The van der Waals surface area contributed by atoms with E-state index in [1.807, 2.05) is 6.07 Å². The van der Waals surface area contributed by atoms with Gasteiger partial charge >= 0.3 is 23.9 Å². The van der Waals surface area contributed by atoms with Gasteiger partial charge in [0, 0.05) is 67.4 Å². The Kier molecular flexibility index (Phi) is 15.7. The van der Waals surface area contributed by atoms with Gasteiger partial charge in [0.25, 0.3) is 8.32 Å². The van der Waals surface area contributed by atoms with Crippen LogP contribution in [-0.2, 0) is 25.7 Å². The monoisotopic (exact) mass is 769 g/mol. The first-order chi connectivity index (χ1) is 25.4. The highest BCUT2D eigenvalue weighted by atomic mass is 28.4. The van der Waals surface area contributed by atoms with E-state index in [0.717, 1.165) is 55.7 Å². The smallest absolute Gasteiger partial charge is 0.328 e. The summed E-state index contributed by atoms with van der Waals surface area (Å²) in [7, 11) is -1.99. The summed E-state index contributed by atoms with van der Waals surface area (Å²) in [6.07, 6.45) is 5.34. The summed E-state index contributed by atoms with van der Waals surface area (Å²) < 4.78 is 26.1. The molecule has 1 unspecified atom stereocenters. The minimum Gasteiger partial charge on any atom is -0.543 e. The minimum absolute atomic E-state index is 0.284. The first-order valence-electron chi connectivity index (χ1n) is 18.1. The van der Waals surface area contributed by atoms with Gasteiger partial charge in [0.05, 0.1) is 5.69 Å². The van der Waals surface area contributed by atoms with Crippen LogP contribution in [0, 0.1) is 5.82 Å². The Balaban J connectivity index is 0.000000410. The molecule has 0 bridgehead atoms. The molecule has 13 nitrogen and oxygen atoms in total. The lowest BCUT2D eigenvalue weighted by atomic mass is 9.92. The second kappa shape index (κ2) is 19.5. The zero-order valence-corrected chi connectivity index (χ0v) is 32.9. The van der Waals surface area contributed by atoms with E-state index in [2.05, 4.69) is 81.8 Å². The molecule has 2 aliphatic rings. The second-order valence-corrected chi connectivity index (χ2v) is 19.6. The van der Waals surface area contributed by atoms with Crippen LogP contribution in [0.1, 0.15) is 96.5 Å². The van der Waals surface area contributed by atoms with Gasteiger partial charge in [-0.2, -0.15) is 0 Å². The van der Waals surface area contributed by atoms with Crippen LogP contribution in [0.3, 0.4) is 0 Å². The van der Waals surface area contributed by atoms with Crippen molar-refractivity contribution in [3.8, 4) is 5.75 Å². The highest BCUT2D eigenvalue weighted by molar-refractivity contribution is 6.78. The van der Waals surface area contributed by atoms with E-state index >= 15 is 0 Å². The molecular formula is C39H52FN3O10Si. The van der Waals surface area contributed by atoms with E-state index in [1.165, 1.54) is 23.3 Å². The molecule has 0 spiro atoms.